The summed E-state index contributed by atoms with van der Waals surface area (Å²) in [5, 5.41) is 4.35. The van der Waals surface area contributed by atoms with Crippen molar-refractivity contribution in [2.45, 2.75) is 38.1 Å². The second kappa shape index (κ2) is 6.75. The Morgan fingerprint density at radius 1 is 1.43 bits per heavy atom. The minimum absolute atomic E-state index is 0.199. The predicted molar refractivity (Wildman–Crippen MR) is 90.6 cm³/mol. The first-order chi connectivity index (χ1) is 10.0. The van der Waals surface area contributed by atoms with Gasteiger partial charge in [0.2, 0.25) is 0 Å². The molecule has 1 N–H and O–H groups in total. The molecule has 1 aliphatic carbocycles. The van der Waals surface area contributed by atoms with Crippen LogP contribution in [0.25, 0.3) is 0 Å². The van der Waals surface area contributed by atoms with Gasteiger partial charge in [-0.15, -0.1) is 0 Å². The van der Waals surface area contributed by atoms with Crippen LogP contribution in [-0.4, -0.2) is 29.4 Å². The molecule has 0 aliphatic heterocycles. The molecule has 0 saturated heterocycles. The molecule has 0 amide bonds. The molecular weight excluding hydrogens is 304 g/mol. The van der Waals surface area contributed by atoms with Crippen molar-refractivity contribution in [1.82, 2.24) is 10.2 Å². The van der Waals surface area contributed by atoms with E-state index in [1.54, 1.807) is 0 Å². The summed E-state index contributed by atoms with van der Waals surface area (Å²) in [6.45, 7) is 2.72. The van der Waals surface area contributed by atoms with Crippen molar-refractivity contribution in [2.24, 2.45) is 0 Å². The maximum atomic E-state index is 12.8. The van der Waals surface area contributed by atoms with E-state index in [4.69, 9.17) is 23.8 Å². The van der Waals surface area contributed by atoms with E-state index in [9.17, 15) is 4.79 Å². The molecule has 0 bridgehead atoms. The van der Waals surface area contributed by atoms with Crippen LogP contribution in [0.15, 0.2) is 24.3 Å². The minimum atomic E-state index is -0.740. The van der Waals surface area contributed by atoms with E-state index in [1.165, 1.54) is 0 Å². The van der Waals surface area contributed by atoms with Gasteiger partial charge < -0.3 is 10.2 Å². The summed E-state index contributed by atoms with van der Waals surface area (Å²) in [6.07, 6.45) is 3.25. The Bertz CT molecular complexity index is 549. The molecule has 1 fully saturated rings. The van der Waals surface area contributed by atoms with Crippen LogP contribution in [-0.2, 0) is 10.3 Å². The average Bonchev–Trinajstić information content (AvgIpc) is 2.48. The highest BCUT2D eigenvalue weighted by Gasteiger charge is 2.46. The first-order valence-corrected chi connectivity index (χ1v) is 8.12. The van der Waals surface area contributed by atoms with E-state index in [2.05, 4.69) is 5.32 Å². The van der Waals surface area contributed by atoms with Crippen LogP contribution in [0.3, 0.4) is 0 Å². The van der Waals surface area contributed by atoms with Crippen LogP contribution in [0.1, 0.15) is 38.2 Å². The Balaban J connectivity index is 2.52. The third kappa shape index (κ3) is 2.92. The number of nitrogens with one attached hydrogen (secondary N) is 1. The summed E-state index contributed by atoms with van der Waals surface area (Å²) in [7, 11) is 1.89. The zero-order chi connectivity index (χ0) is 15.5. The summed E-state index contributed by atoms with van der Waals surface area (Å²) >= 11 is 11.8. The molecule has 1 atom stereocenters. The molecule has 114 valence electrons. The quantitative estimate of drug-likeness (QED) is 0.862. The molecule has 0 spiro atoms. The van der Waals surface area contributed by atoms with Crippen LogP contribution < -0.4 is 5.32 Å². The van der Waals surface area contributed by atoms with Crippen molar-refractivity contribution in [2.75, 3.05) is 13.6 Å². The lowest BCUT2D eigenvalue weighted by Crippen LogP contribution is -2.56. The Kier molecular flexibility index (Phi) is 5.22. The summed E-state index contributed by atoms with van der Waals surface area (Å²) < 4.78 is 0. The normalized spacial score (nSPS) is 22.0. The van der Waals surface area contributed by atoms with Crippen LogP contribution in [0.2, 0.25) is 5.02 Å². The van der Waals surface area contributed by atoms with Gasteiger partial charge >= 0.3 is 0 Å². The molecule has 1 aromatic rings. The smallest absolute Gasteiger partial charge is 0.169 e. The molecule has 0 heterocycles. The first-order valence-electron chi connectivity index (χ1n) is 7.34. The molecular formula is C16H21ClN2OS. The summed E-state index contributed by atoms with van der Waals surface area (Å²) in [5.41, 5.74) is 0.120. The standard InChI is InChI=1S/C16H21ClN2OS/c1-3-18-15(21)19(2)16(11-7-6-10-14(16)20)12-8-4-5-9-13(12)17/h4-5,8-9H,3,6-7,10-11H2,1-2H3,(H,18,21)/t16-/m1/s1. The fraction of sp³-hybridized carbons (Fsp3) is 0.500. The van der Waals surface area contributed by atoms with Crippen molar-refractivity contribution < 1.29 is 4.79 Å². The number of rotatable bonds is 3. The number of Topliss-reactive ketones (excluding diaryl/α,β-unsaturated/α-hetero) is 1. The van der Waals surface area contributed by atoms with Gasteiger partial charge in [-0.25, -0.2) is 0 Å². The fourth-order valence-corrected chi connectivity index (χ4v) is 3.66. The number of benzene rings is 1. The molecule has 21 heavy (non-hydrogen) atoms. The van der Waals surface area contributed by atoms with Gasteiger partial charge in [-0.3, -0.25) is 4.79 Å². The minimum Gasteiger partial charge on any atom is -0.363 e. The molecule has 5 heteroatoms. The van der Waals surface area contributed by atoms with Crippen molar-refractivity contribution in [3.63, 3.8) is 0 Å². The van der Waals surface area contributed by atoms with E-state index in [1.807, 2.05) is 43.1 Å². The Morgan fingerprint density at radius 3 is 2.76 bits per heavy atom. The number of carbonyl (C=O) groups excluding carboxylic acids is 1. The van der Waals surface area contributed by atoms with Gasteiger partial charge in [0.05, 0.1) is 0 Å². The van der Waals surface area contributed by atoms with Crippen molar-refractivity contribution in [1.29, 1.82) is 0 Å². The fourth-order valence-electron chi connectivity index (χ4n) is 3.07. The van der Waals surface area contributed by atoms with Crippen LogP contribution in [0.4, 0.5) is 0 Å². The average molecular weight is 325 g/mol. The predicted octanol–water partition coefficient (Wildman–Crippen LogP) is 3.50. The highest BCUT2D eigenvalue weighted by molar-refractivity contribution is 7.80. The van der Waals surface area contributed by atoms with Gasteiger partial charge in [0.15, 0.2) is 10.9 Å². The van der Waals surface area contributed by atoms with Gasteiger partial charge in [0.25, 0.3) is 0 Å². The molecule has 3 nitrogen and oxygen atoms in total. The monoisotopic (exact) mass is 324 g/mol. The number of likely N-dealkylation sites (N-methyl/N-ethyl adjacent to an activating group) is 1. The number of thiocarbonyl (C=S) groups is 1. The number of carbonyl (C=O) groups is 1. The lowest BCUT2D eigenvalue weighted by molar-refractivity contribution is -0.131. The van der Waals surface area contributed by atoms with Crippen molar-refractivity contribution in [3.05, 3.63) is 34.9 Å². The molecule has 1 saturated carbocycles. The molecule has 2 rings (SSSR count). The molecule has 1 aromatic carbocycles. The first kappa shape index (κ1) is 16.2. The van der Waals surface area contributed by atoms with E-state index in [-0.39, 0.29) is 5.78 Å². The molecule has 0 unspecified atom stereocenters. The number of halogens is 1. The van der Waals surface area contributed by atoms with Gasteiger partial charge in [-0.2, -0.15) is 0 Å². The number of hydrogen-bond acceptors (Lipinski definition) is 2. The highest BCUT2D eigenvalue weighted by Crippen LogP contribution is 2.42. The van der Waals surface area contributed by atoms with Crippen LogP contribution >= 0.6 is 23.8 Å². The van der Waals surface area contributed by atoms with E-state index < -0.39 is 5.54 Å². The number of ketones is 1. The summed E-state index contributed by atoms with van der Waals surface area (Å²) in [5.74, 6) is 0.199. The van der Waals surface area contributed by atoms with Gasteiger partial charge in [0.1, 0.15) is 5.54 Å². The van der Waals surface area contributed by atoms with Crippen molar-refractivity contribution >= 4 is 34.7 Å². The third-order valence-electron chi connectivity index (χ3n) is 4.18. The third-order valence-corrected chi connectivity index (χ3v) is 4.93. The van der Waals surface area contributed by atoms with E-state index >= 15 is 0 Å². The summed E-state index contributed by atoms with van der Waals surface area (Å²) in [6, 6.07) is 7.59. The van der Waals surface area contributed by atoms with Crippen LogP contribution in [0.5, 0.6) is 0 Å². The summed E-state index contributed by atoms with van der Waals surface area (Å²) in [4.78, 5) is 14.7. The molecule has 0 aromatic heterocycles. The van der Waals surface area contributed by atoms with Crippen molar-refractivity contribution in [3.8, 4) is 0 Å². The van der Waals surface area contributed by atoms with Gasteiger partial charge in [-0.05, 0) is 44.5 Å². The maximum Gasteiger partial charge on any atom is 0.169 e. The lowest BCUT2D eigenvalue weighted by Gasteiger charge is -2.45. The second-order valence-electron chi connectivity index (χ2n) is 5.36. The lowest BCUT2D eigenvalue weighted by atomic mass is 9.74. The van der Waals surface area contributed by atoms with Crippen LogP contribution in [0, 0.1) is 0 Å². The second-order valence-corrected chi connectivity index (χ2v) is 6.16. The Labute approximate surface area is 136 Å². The van der Waals surface area contributed by atoms with Gasteiger partial charge in [0, 0.05) is 30.6 Å². The zero-order valence-electron chi connectivity index (χ0n) is 12.5. The number of nitrogens with zero attached hydrogens (tertiary/aromatic N) is 1. The zero-order valence-corrected chi connectivity index (χ0v) is 14.1. The Morgan fingerprint density at radius 2 is 2.14 bits per heavy atom. The number of hydrogen-bond donors (Lipinski definition) is 1. The SMILES string of the molecule is CCNC(=S)N(C)[C@@]1(c2ccccc2Cl)CCCCC1=O. The topological polar surface area (TPSA) is 32.3 Å². The molecule has 0 radical (unpaired) electrons. The molecule has 1 aliphatic rings. The Hall–Kier alpha value is -1.13. The largest absolute Gasteiger partial charge is 0.363 e. The van der Waals surface area contributed by atoms with E-state index in [0.717, 1.165) is 31.4 Å². The maximum absolute atomic E-state index is 12.8. The van der Waals surface area contributed by atoms with Gasteiger partial charge in [-0.1, -0.05) is 29.8 Å². The highest BCUT2D eigenvalue weighted by atomic mass is 35.5. The van der Waals surface area contributed by atoms with E-state index in [0.29, 0.717) is 16.6 Å².